The van der Waals surface area contributed by atoms with Crippen molar-refractivity contribution in [2.24, 2.45) is 0 Å². The van der Waals surface area contributed by atoms with E-state index in [-0.39, 0.29) is 0 Å². The first kappa shape index (κ1) is 18.3. The van der Waals surface area contributed by atoms with E-state index in [9.17, 15) is 5.26 Å². The predicted molar refractivity (Wildman–Crippen MR) is 113 cm³/mol. The van der Waals surface area contributed by atoms with Crippen LogP contribution in [0, 0.1) is 11.3 Å². The van der Waals surface area contributed by atoms with E-state index in [4.69, 9.17) is 4.74 Å². The van der Waals surface area contributed by atoms with Crippen molar-refractivity contribution in [3.05, 3.63) is 71.8 Å². The Morgan fingerprint density at radius 2 is 1.75 bits per heavy atom. The molecule has 0 radical (unpaired) electrons. The monoisotopic (exact) mass is 371 g/mol. The lowest BCUT2D eigenvalue weighted by molar-refractivity contribution is 0.253. The van der Waals surface area contributed by atoms with Crippen LogP contribution in [0.4, 0.5) is 5.69 Å². The molecule has 0 aromatic heterocycles. The van der Waals surface area contributed by atoms with Crippen molar-refractivity contribution < 1.29 is 4.74 Å². The van der Waals surface area contributed by atoms with E-state index < -0.39 is 0 Å². The highest BCUT2D eigenvalue weighted by atomic mass is 16.5. The molecule has 0 unspecified atom stereocenters. The minimum atomic E-state index is 0.730. The average molecular weight is 371 g/mol. The van der Waals surface area contributed by atoms with Gasteiger partial charge in [0, 0.05) is 30.4 Å². The van der Waals surface area contributed by atoms with Gasteiger partial charge in [0.25, 0.3) is 0 Å². The van der Waals surface area contributed by atoms with Gasteiger partial charge in [-0.05, 0) is 42.7 Å². The lowest BCUT2D eigenvalue weighted by Gasteiger charge is -2.36. The molecular weight excluding hydrogens is 346 g/mol. The molecule has 28 heavy (non-hydrogen) atoms. The molecule has 0 spiro atoms. The molecule has 1 saturated heterocycles. The van der Waals surface area contributed by atoms with Gasteiger partial charge in [0.2, 0.25) is 0 Å². The van der Waals surface area contributed by atoms with Crippen LogP contribution in [0.5, 0.6) is 5.75 Å². The van der Waals surface area contributed by atoms with Crippen LogP contribution in [-0.2, 0) is 6.54 Å². The molecule has 1 aliphatic rings. The molecule has 3 aromatic carbocycles. The highest BCUT2D eigenvalue weighted by molar-refractivity contribution is 5.97. The zero-order chi connectivity index (χ0) is 19.3. The number of anilines is 1. The van der Waals surface area contributed by atoms with Crippen LogP contribution >= 0.6 is 0 Å². The van der Waals surface area contributed by atoms with E-state index in [1.807, 2.05) is 30.3 Å². The summed E-state index contributed by atoms with van der Waals surface area (Å²) in [5.41, 5.74) is 3.15. The van der Waals surface area contributed by atoms with Gasteiger partial charge >= 0.3 is 0 Å². The number of rotatable bonds is 4. The molecular formula is C24H25N3O. The molecule has 4 nitrogen and oxygen atoms in total. The van der Waals surface area contributed by atoms with Gasteiger partial charge < -0.3 is 9.75 Å². The van der Waals surface area contributed by atoms with Gasteiger partial charge in [0.1, 0.15) is 5.75 Å². The number of hydrogen-bond acceptors (Lipinski definition) is 4. The van der Waals surface area contributed by atoms with Gasteiger partial charge in [0.05, 0.1) is 24.4 Å². The maximum Gasteiger partial charge on any atom is 0.119 e. The van der Waals surface area contributed by atoms with Crippen LogP contribution in [0.25, 0.3) is 10.8 Å². The Bertz CT molecular complexity index is 1010. The number of hydrogen-bond donors (Lipinski definition) is 0. The van der Waals surface area contributed by atoms with Gasteiger partial charge in [-0.15, -0.1) is 0 Å². The minimum Gasteiger partial charge on any atom is -0.497 e. The molecule has 0 bridgehead atoms. The number of benzene rings is 3. The van der Waals surface area contributed by atoms with Crippen molar-refractivity contribution >= 4 is 16.5 Å². The normalized spacial score (nSPS) is 15.2. The molecule has 4 heteroatoms. The molecule has 3 aromatic rings. The third kappa shape index (κ3) is 3.67. The molecule has 0 amide bonds. The maximum atomic E-state index is 9.49. The lowest BCUT2D eigenvalue weighted by Crippen LogP contribution is -2.42. The van der Waals surface area contributed by atoms with Crippen molar-refractivity contribution in [1.82, 2.24) is 5.01 Å². The van der Waals surface area contributed by atoms with Crippen LogP contribution in [0.2, 0.25) is 0 Å². The first-order valence-electron chi connectivity index (χ1n) is 9.87. The lowest BCUT2D eigenvalue weighted by atomic mass is 10.0. The number of hydrazine groups is 1. The van der Waals surface area contributed by atoms with E-state index in [0.717, 1.165) is 41.7 Å². The van der Waals surface area contributed by atoms with Gasteiger partial charge in [-0.25, -0.2) is 5.01 Å². The fraction of sp³-hybridized carbons (Fsp3) is 0.292. The summed E-state index contributed by atoms with van der Waals surface area (Å²) in [6, 6.07) is 22.9. The number of ether oxygens (including phenoxy) is 1. The Labute approximate surface area is 166 Å². The number of nitriles is 1. The van der Waals surface area contributed by atoms with Crippen LogP contribution in [-0.4, -0.2) is 25.2 Å². The van der Waals surface area contributed by atoms with E-state index >= 15 is 0 Å². The van der Waals surface area contributed by atoms with Gasteiger partial charge in [-0.3, -0.25) is 0 Å². The molecule has 1 heterocycles. The van der Waals surface area contributed by atoms with Crippen molar-refractivity contribution in [3.63, 3.8) is 0 Å². The topological polar surface area (TPSA) is 39.5 Å². The molecule has 1 aliphatic heterocycles. The SMILES string of the molecule is COc1cccc(CN2CCCCCN2c2ccc(C#N)c3ccccc23)c1. The van der Waals surface area contributed by atoms with E-state index in [0.29, 0.717) is 0 Å². The molecule has 4 rings (SSSR count). The molecule has 0 aliphatic carbocycles. The molecule has 1 fully saturated rings. The van der Waals surface area contributed by atoms with Crippen molar-refractivity contribution in [1.29, 1.82) is 5.26 Å². The quantitative estimate of drug-likeness (QED) is 0.637. The number of fused-ring (bicyclic) bond motifs is 1. The fourth-order valence-corrected chi connectivity index (χ4v) is 4.02. The molecule has 0 N–H and O–H groups in total. The zero-order valence-electron chi connectivity index (χ0n) is 16.3. The highest BCUT2D eigenvalue weighted by Crippen LogP contribution is 2.32. The van der Waals surface area contributed by atoms with Gasteiger partial charge in [-0.1, -0.05) is 42.8 Å². The Kier molecular flexibility index (Phi) is 5.45. The van der Waals surface area contributed by atoms with E-state index in [1.54, 1.807) is 7.11 Å². The summed E-state index contributed by atoms with van der Waals surface area (Å²) in [7, 11) is 1.71. The Hall–Kier alpha value is -3.03. The van der Waals surface area contributed by atoms with Gasteiger partial charge in [0.15, 0.2) is 0 Å². The van der Waals surface area contributed by atoms with E-state index in [2.05, 4.69) is 46.4 Å². The summed E-state index contributed by atoms with van der Waals surface area (Å²) >= 11 is 0. The second-order valence-electron chi connectivity index (χ2n) is 7.21. The summed E-state index contributed by atoms with van der Waals surface area (Å²) in [4.78, 5) is 0. The first-order chi connectivity index (χ1) is 13.8. The van der Waals surface area contributed by atoms with Crippen molar-refractivity contribution in [3.8, 4) is 11.8 Å². The Balaban J connectivity index is 1.73. The van der Waals surface area contributed by atoms with Crippen molar-refractivity contribution in [2.75, 3.05) is 25.2 Å². The largest absolute Gasteiger partial charge is 0.497 e. The summed E-state index contributed by atoms with van der Waals surface area (Å²) in [5.74, 6) is 0.891. The van der Waals surface area contributed by atoms with Crippen molar-refractivity contribution in [2.45, 2.75) is 25.8 Å². The summed E-state index contributed by atoms with van der Waals surface area (Å²) in [6.07, 6.45) is 3.59. The molecule has 142 valence electrons. The second-order valence-corrected chi connectivity index (χ2v) is 7.21. The first-order valence-corrected chi connectivity index (χ1v) is 9.87. The van der Waals surface area contributed by atoms with Crippen LogP contribution < -0.4 is 9.75 Å². The molecule has 0 saturated carbocycles. The zero-order valence-corrected chi connectivity index (χ0v) is 16.3. The fourth-order valence-electron chi connectivity index (χ4n) is 4.02. The van der Waals surface area contributed by atoms with Crippen LogP contribution in [0.15, 0.2) is 60.7 Å². The Morgan fingerprint density at radius 1 is 0.929 bits per heavy atom. The average Bonchev–Trinajstić information content (AvgIpc) is 2.98. The highest BCUT2D eigenvalue weighted by Gasteiger charge is 2.21. The van der Waals surface area contributed by atoms with Crippen LogP contribution in [0.3, 0.4) is 0 Å². The predicted octanol–water partition coefficient (Wildman–Crippen LogP) is 5.13. The summed E-state index contributed by atoms with van der Waals surface area (Å²) in [6.45, 7) is 2.84. The number of methoxy groups -OCH3 is 1. The molecule has 0 atom stereocenters. The smallest absolute Gasteiger partial charge is 0.119 e. The Morgan fingerprint density at radius 3 is 2.57 bits per heavy atom. The standard InChI is InChI=1S/C24H25N3O/c1-28-21-9-7-8-19(16-21)18-26-14-5-2-6-15-27(26)24-13-12-20(17-25)22-10-3-4-11-23(22)24/h3-4,7-13,16H,2,5-6,14-15,18H2,1H3. The summed E-state index contributed by atoms with van der Waals surface area (Å²) < 4.78 is 5.40. The maximum absolute atomic E-state index is 9.49. The van der Waals surface area contributed by atoms with Gasteiger partial charge in [-0.2, -0.15) is 5.26 Å². The minimum absolute atomic E-state index is 0.730. The third-order valence-electron chi connectivity index (χ3n) is 5.43. The van der Waals surface area contributed by atoms with Crippen LogP contribution in [0.1, 0.15) is 30.4 Å². The number of nitrogens with zero attached hydrogens (tertiary/aromatic N) is 3. The summed E-state index contributed by atoms with van der Waals surface area (Å²) in [5, 5.41) is 16.5. The van der Waals surface area contributed by atoms with E-state index in [1.165, 1.54) is 30.5 Å². The second kappa shape index (κ2) is 8.33. The third-order valence-corrected chi connectivity index (χ3v) is 5.43.